The van der Waals surface area contributed by atoms with E-state index in [1.54, 1.807) is 18.1 Å². The van der Waals surface area contributed by atoms with E-state index < -0.39 is 0 Å². The molecule has 2 aromatic heterocycles. The van der Waals surface area contributed by atoms with E-state index in [-0.39, 0.29) is 0 Å². The first-order valence-electron chi connectivity index (χ1n) is 4.51. The molecular weight excluding hydrogens is 192 g/mol. The Kier molecular flexibility index (Phi) is 1.55. The lowest BCUT2D eigenvalue weighted by Crippen LogP contribution is -2.02. The van der Waals surface area contributed by atoms with Crippen LogP contribution in [-0.4, -0.2) is 29.8 Å². The molecule has 0 saturated heterocycles. The maximum atomic E-state index is 4.27. The van der Waals surface area contributed by atoms with Crippen LogP contribution in [0.2, 0.25) is 0 Å². The average Bonchev–Trinajstić information content (AvgIpc) is 2.83. The summed E-state index contributed by atoms with van der Waals surface area (Å²) in [7, 11) is 1.80. The van der Waals surface area contributed by atoms with E-state index >= 15 is 0 Å². The predicted octanol–water partition coefficient (Wildman–Crippen LogP) is 0.549. The summed E-state index contributed by atoms with van der Waals surface area (Å²) in [5, 5.41) is 11.3. The fourth-order valence-corrected chi connectivity index (χ4v) is 1.55. The van der Waals surface area contributed by atoms with Gasteiger partial charge in [-0.05, 0) is 22.6 Å². The summed E-state index contributed by atoms with van der Waals surface area (Å²) in [5.74, 6) is 0.656. The van der Waals surface area contributed by atoms with Crippen molar-refractivity contribution in [2.24, 2.45) is 7.05 Å². The maximum absolute atomic E-state index is 4.27. The van der Waals surface area contributed by atoms with E-state index in [1.165, 1.54) is 0 Å². The zero-order valence-electron chi connectivity index (χ0n) is 8.07. The van der Waals surface area contributed by atoms with Gasteiger partial charge in [0, 0.05) is 7.05 Å². The minimum atomic E-state index is 0.656. The second-order valence-electron chi connectivity index (χ2n) is 3.21. The minimum absolute atomic E-state index is 0.656. The van der Waals surface area contributed by atoms with Crippen molar-refractivity contribution in [1.29, 1.82) is 0 Å². The topological polar surface area (TPSA) is 61.4 Å². The third-order valence-corrected chi connectivity index (χ3v) is 2.27. The van der Waals surface area contributed by atoms with Crippen molar-refractivity contribution in [2.45, 2.75) is 0 Å². The van der Waals surface area contributed by atoms with Gasteiger partial charge in [0.25, 0.3) is 5.95 Å². The second kappa shape index (κ2) is 2.88. The van der Waals surface area contributed by atoms with Gasteiger partial charge in [0.05, 0.1) is 11.0 Å². The van der Waals surface area contributed by atoms with Crippen LogP contribution in [-0.2, 0) is 7.05 Å². The smallest absolute Gasteiger partial charge is 0.255 e. The molecule has 6 nitrogen and oxygen atoms in total. The quantitative estimate of drug-likeness (QED) is 0.575. The molecule has 0 amide bonds. The molecular formula is C9H8N6. The number of hydrogen-bond acceptors (Lipinski definition) is 4. The molecule has 74 valence electrons. The minimum Gasteiger partial charge on any atom is -0.266 e. The fourth-order valence-electron chi connectivity index (χ4n) is 1.55. The average molecular weight is 200 g/mol. The van der Waals surface area contributed by atoms with Gasteiger partial charge in [0.1, 0.15) is 6.33 Å². The van der Waals surface area contributed by atoms with E-state index in [4.69, 9.17) is 0 Å². The number of tetrazole rings is 1. The third-order valence-electron chi connectivity index (χ3n) is 2.27. The summed E-state index contributed by atoms with van der Waals surface area (Å²) in [5.41, 5.74) is 1.93. The second-order valence-corrected chi connectivity index (χ2v) is 3.21. The van der Waals surface area contributed by atoms with Gasteiger partial charge in [-0.3, -0.25) is 4.57 Å². The highest BCUT2D eigenvalue weighted by atomic mass is 15.6. The highest BCUT2D eigenvalue weighted by Crippen LogP contribution is 2.14. The molecule has 0 bridgehead atoms. The number of benzene rings is 1. The Morgan fingerprint density at radius 2 is 2.07 bits per heavy atom. The maximum Gasteiger partial charge on any atom is 0.255 e. The molecule has 0 aliphatic heterocycles. The third kappa shape index (κ3) is 1.11. The van der Waals surface area contributed by atoms with Gasteiger partial charge in [-0.25, -0.2) is 9.67 Å². The van der Waals surface area contributed by atoms with Crippen LogP contribution in [0.15, 0.2) is 30.6 Å². The van der Waals surface area contributed by atoms with Crippen molar-refractivity contribution in [3.8, 4) is 5.95 Å². The molecule has 0 aliphatic rings. The highest BCUT2D eigenvalue weighted by Gasteiger charge is 2.08. The van der Waals surface area contributed by atoms with E-state index in [0.717, 1.165) is 11.0 Å². The predicted molar refractivity (Wildman–Crippen MR) is 53.4 cm³/mol. The Hall–Kier alpha value is -2.24. The lowest BCUT2D eigenvalue weighted by atomic mass is 10.3. The van der Waals surface area contributed by atoms with Crippen molar-refractivity contribution >= 4 is 11.0 Å². The lowest BCUT2D eigenvalue weighted by Gasteiger charge is -1.99. The first kappa shape index (κ1) is 8.10. The number of fused-ring (bicyclic) bond motifs is 1. The van der Waals surface area contributed by atoms with Crippen LogP contribution in [0.3, 0.4) is 0 Å². The largest absolute Gasteiger partial charge is 0.266 e. The molecule has 0 spiro atoms. The Bertz CT molecular complexity index is 608. The summed E-state index contributed by atoms with van der Waals surface area (Å²) in [6, 6.07) is 7.85. The van der Waals surface area contributed by atoms with Crippen LogP contribution in [0.4, 0.5) is 0 Å². The molecule has 0 aliphatic carbocycles. The first-order valence-corrected chi connectivity index (χ1v) is 4.51. The molecule has 6 heteroatoms. The number of aryl methyl sites for hydroxylation is 1. The van der Waals surface area contributed by atoms with Crippen LogP contribution >= 0.6 is 0 Å². The fraction of sp³-hybridized carbons (Fsp3) is 0.111. The lowest BCUT2D eigenvalue weighted by molar-refractivity contribution is 0.694. The van der Waals surface area contributed by atoms with Gasteiger partial charge in [0.15, 0.2) is 0 Å². The van der Waals surface area contributed by atoms with Crippen molar-refractivity contribution in [3.05, 3.63) is 30.6 Å². The Balaban J connectivity index is 2.32. The normalized spacial score (nSPS) is 11.0. The summed E-state index contributed by atoms with van der Waals surface area (Å²) >= 11 is 0. The molecule has 0 saturated carbocycles. The number of imidazole rings is 1. The van der Waals surface area contributed by atoms with E-state index in [2.05, 4.69) is 20.5 Å². The van der Waals surface area contributed by atoms with Gasteiger partial charge >= 0.3 is 0 Å². The van der Waals surface area contributed by atoms with E-state index in [0.29, 0.717) is 5.95 Å². The van der Waals surface area contributed by atoms with Crippen molar-refractivity contribution in [3.63, 3.8) is 0 Å². The van der Waals surface area contributed by atoms with Crippen LogP contribution in [0.25, 0.3) is 17.0 Å². The summed E-state index contributed by atoms with van der Waals surface area (Å²) < 4.78 is 3.46. The monoisotopic (exact) mass is 200 g/mol. The van der Waals surface area contributed by atoms with Gasteiger partial charge < -0.3 is 0 Å². The van der Waals surface area contributed by atoms with Gasteiger partial charge in [-0.1, -0.05) is 17.2 Å². The Morgan fingerprint density at radius 1 is 1.20 bits per heavy atom. The SMILES string of the molecule is Cn1nnnc1-n1cnc2ccccc21. The van der Waals surface area contributed by atoms with Gasteiger partial charge in [0.2, 0.25) is 0 Å². The Labute approximate surface area is 85.2 Å². The summed E-state index contributed by atoms with van der Waals surface area (Å²) in [6.07, 6.45) is 1.72. The van der Waals surface area contributed by atoms with Crippen molar-refractivity contribution in [1.82, 2.24) is 29.8 Å². The number of aromatic nitrogens is 6. The number of rotatable bonds is 1. The van der Waals surface area contributed by atoms with Crippen LogP contribution < -0.4 is 0 Å². The first-order chi connectivity index (χ1) is 7.36. The zero-order chi connectivity index (χ0) is 10.3. The van der Waals surface area contributed by atoms with Crippen LogP contribution in [0.1, 0.15) is 0 Å². The molecule has 1 aromatic carbocycles. The number of hydrogen-bond donors (Lipinski definition) is 0. The molecule has 0 fully saturated rings. The summed E-state index contributed by atoms with van der Waals surface area (Å²) in [6.45, 7) is 0. The van der Waals surface area contributed by atoms with Crippen LogP contribution in [0.5, 0.6) is 0 Å². The van der Waals surface area contributed by atoms with E-state index in [9.17, 15) is 0 Å². The molecule has 2 heterocycles. The van der Waals surface area contributed by atoms with Crippen LogP contribution in [0, 0.1) is 0 Å². The molecule has 0 unspecified atom stereocenters. The number of nitrogens with zero attached hydrogens (tertiary/aromatic N) is 6. The Morgan fingerprint density at radius 3 is 2.87 bits per heavy atom. The molecule has 0 N–H and O–H groups in total. The molecule has 3 aromatic rings. The van der Waals surface area contributed by atoms with Crippen molar-refractivity contribution in [2.75, 3.05) is 0 Å². The standard InChI is InChI=1S/C9H8N6/c1-14-9(11-12-13-14)15-6-10-7-4-2-3-5-8(7)15/h2-6H,1H3. The van der Waals surface area contributed by atoms with Crippen molar-refractivity contribution < 1.29 is 0 Å². The molecule has 0 radical (unpaired) electrons. The molecule has 3 rings (SSSR count). The number of para-hydroxylation sites is 2. The highest BCUT2D eigenvalue weighted by molar-refractivity contribution is 5.76. The summed E-state index contributed by atoms with van der Waals surface area (Å²) in [4.78, 5) is 4.27. The van der Waals surface area contributed by atoms with E-state index in [1.807, 2.05) is 28.8 Å². The van der Waals surface area contributed by atoms with Gasteiger partial charge in [-0.15, -0.1) is 0 Å². The molecule has 0 atom stereocenters. The zero-order valence-corrected chi connectivity index (χ0v) is 8.07. The van der Waals surface area contributed by atoms with Gasteiger partial charge in [-0.2, -0.15) is 0 Å². The molecule has 15 heavy (non-hydrogen) atoms.